The van der Waals surface area contributed by atoms with Crippen molar-refractivity contribution in [1.29, 1.82) is 0 Å². The van der Waals surface area contributed by atoms with Crippen molar-refractivity contribution >= 4 is 17.7 Å². The Bertz CT molecular complexity index is 417. The number of benzene rings is 1. The molecule has 0 heterocycles. The third kappa shape index (κ3) is 10.3. The van der Waals surface area contributed by atoms with Crippen LogP contribution in [0.25, 0.3) is 0 Å². The molecule has 130 valence electrons. The molecule has 0 saturated heterocycles. The third-order valence-corrected chi connectivity index (χ3v) is 4.57. The summed E-state index contributed by atoms with van der Waals surface area (Å²) in [5.74, 6) is 0.876. The molecule has 1 aromatic carbocycles. The monoisotopic (exact) mass is 338 g/mol. The Kier molecular flexibility index (Phi) is 11.5. The van der Waals surface area contributed by atoms with E-state index in [2.05, 4.69) is 23.1 Å². The van der Waals surface area contributed by atoms with E-state index in [1.807, 2.05) is 12.1 Å². The number of hydrogen-bond acceptors (Lipinski definition) is 4. The second-order valence-electron chi connectivity index (χ2n) is 5.68. The van der Waals surface area contributed by atoms with Crippen LogP contribution < -0.4 is 4.74 Å². The van der Waals surface area contributed by atoms with Gasteiger partial charge in [0.25, 0.3) is 0 Å². The quantitative estimate of drug-likeness (QED) is 0.271. The Morgan fingerprint density at radius 1 is 0.913 bits per heavy atom. The predicted octanol–water partition coefficient (Wildman–Crippen LogP) is 5.47. The first-order chi connectivity index (χ1) is 11.3. The summed E-state index contributed by atoms with van der Waals surface area (Å²) in [6.45, 7) is 0.803. The second kappa shape index (κ2) is 13.3. The van der Waals surface area contributed by atoms with Crippen molar-refractivity contribution in [2.45, 2.75) is 62.7 Å². The van der Waals surface area contributed by atoms with Gasteiger partial charge >= 0.3 is 5.97 Å². The summed E-state index contributed by atoms with van der Waals surface area (Å²) >= 11 is 1.75. The molecule has 0 aromatic heterocycles. The zero-order valence-electron chi connectivity index (χ0n) is 14.5. The maximum atomic E-state index is 10.9. The van der Waals surface area contributed by atoms with E-state index in [0.717, 1.165) is 31.6 Å². The van der Waals surface area contributed by atoms with Crippen LogP contribution in [0.15, 0.2) is 29.2 Å². The van der Waals surface area contributed by atoms with Gasteiger partial charge in [-0.05, 0) is 43.4 Å². The van der Waals surface area contributed by atoms with E-state index in [4.69, 9.17) is 4.74 Å². The van der Waals surface area contributed by atoms with Crippen LogP contribution >= 0.6 is 11.8 Å². The summed E-state index contributed by atoms with van der Waals surface area (Å²) in [4.78, 5) is 12.2. The molecule has 0 spiro atoms. The molecule has 0 aliphatic carbocycles. The SMILES string of the molecule is COC(=O)CCCCCCCCCCOc1ccc(SC)cc1. The van der Waals surface area contributed by atoms with Gasteiger partial charge < -0.3 is 9.47 Å². The molecule has 4 heteroatoms. The van der Waals surface area contributed by atoms with Crippen molar-refractivity contribution in [2.24, 2.45) is 0 Å². The molecule has 0 atom stereocenters. The van der Waals surface area contributed by atoms with Gasteiger partial charge in [0.05, 0.1) is 13.7 Å². The Morgan fingerprint density at radius 2 is 1.48 bits per heavy atom. The zero-order chi connectivity index (χ0) is 16.8. The Morgan fingerprint density at radius 3 is 2.04 bits per heavy atom. The fourth-order valence-corrected chi connectivity index (χ4v) is 2.80. The first kappa shape index (κ1) is 19.9. The molecule has 1 aromatic rings. The average molecular weight is 339 g/mol. The molecule has 1 rings (SSSR count). The first-order valence-electron chi connectivity index (χ1n) is 8.60. The lowest BCUT2D eigenvalue weighted by Crippen LogP contribution is -1.99. The van der Waals surface area contributed by atoms with Gasteiger partial charge in [-0.25, -0.2) is 0 Å². The van der Waals surface area contributed by atoms with E-state index >= 15 is 0 Å². The van der Waals surface area contributed by atoms with Crippen molar-refractivity contribution < 1.29 is 14.3 Å². The molecular weight excluding hydrogens is 308 g/mol. The molecule has 0 amide bonds. The van der Waals surface area contributed by atoms with E-state index < -0.39 is 0 Å². The van der Waals surface area contributed by atoms with E-state index in [1.165, 1.54) is 44.1 Å². The average Bonchev–Trinajstić information content (AvgIpc) is 2.59. The number of ether oxygens (including phenoxy) is 2. The van der Waals surface area contributed by atoms with Crippen molar-refractivity contribution in [3.8, 4) is 5.75 Å². The van der Waals surface area contributed by atoms with Crippen LogP contribution in [0.2, 0.25) is 0 Å². The summed E-state index contributed by atoms with van der Waals surface area (Å²) in [7, 11) is 1.45. The van der Waals surface area contributed by atoms with Crippen LogP contribution in [0, 0.1) is 0 Å². The summed E-state index contributed by atoms with van der Waals surface area (Å²) in [6, 6.07) is 8.28. The van der Waals surface area contributed by atoms with Gasteiger partial charge in [-0.15, -0.1) is 11.8 Å². The zero-order valence-corrected chi connectivity index (χ0v) is 15.3. The smallest absolute Gasteiger partial charge is 0.305 e. The maximum Gasteiger partial charge on any atom is 0.305 e. The van der Waals surface area contributed by atoms with Gasteiger partial charge in [0.2, 0.25) is 0 Å². The molecule has 0 fully saturated rings. The Labute approximate surface area is 145 Å². The highest BCUT2D eigenvalue weighted by molar-refractivity contribution is 7.98. The summed E-state index contributed by atoms with van der Waals surface area (Å²) in [5, 5.41) is 0. The molecule has 0 aliphatic rings. The molecular formula is C19H30O3S. The summed E-state index contributed by atoms with van der Waals surface area (Å²) in [5.41, 5.74) is 0. The number of carbonyl (C=O) groups is 1. The van der Waals surface area contributed by atoms with Crippen molar-refractivity contribution in [1.82, 2.24) is 0 Å². The summed E-state index contributed by atoms with van der Waals surface area (Å²) in [6.07, 6.45) is 12.1. The maximum absolute atomic E-state index is 10.9. The van der Waals surface area contributed by atoms with Crippen molar-refractivity contribution in [3.63, 3.8) is 0 Å². The van der Waals surface area contributed by atoms with Crippen LogP contribution in [-0.4, -0.2) is 25.9 Å². The van der Waals surface area contributed by atoms with Gasteiger partial charge in [0.15, 0.2) is 0 Å². The molecule has 0 bridgehead atoms. The number of unbranched alkanes of at least 4 members (excludes halogenated alkanes) is 7. The van der Waals surface area contributed by atoms with Gasteiger partial charge in [0, 0.05) is 11.3 Å². The van der Waals surface area contributed by atoms with E-state index in [-0.39, 0.29) is 5.97 Å². The Hall–Kier alpha value is -1.16. The van der Waals surface area contributed by atoms with E-state index in [9.17, 15) is 4.79 Å². The lowest BCUT2D eigenvalue weighted by atomic mass is 10.1. The van der Waals surface area contributed by atoms with Crippen molar-refractivity contribution in [3.05, 3.63) is 24.3 Å². The van der Waals surface area contributed by atoms with Crippen LogP contribution in [0.1, 0.15) is 57.8 Å². The number of thioether (sulfide) groups is 1. The number of esters is 1. The highest BCUT2D eigenvalue weighted by atomic mass is 32.2. The van der Waals surface area contributed by atoms with Crippen LogP contribution in [-0.2, 0) is 9.53 Å². The predicted molar refractivity (Wildman–Crippen MR) is 97.3 cm³/mol. The molecule has 0 radical (unpaired) electrons. The minimum atomic E-state index is -0.0897. The standard InChI is InChI=1S/C19H30O3S/c1-21-19(20)11-9-7-5-3-4-6-8-10-16-22-17-12-14-18(23-2)15-13-17/h12-15H,3-11,16H2,1-2H3. The van der Waals surface area contributed by atoms with Gasteiger partial charge in [0.1, 0.15) is 5.75 Å². The van der Waals surface area contributed by atoms with Crippen LogP contribution in [0.5, 0.6) is 5.75 Å². The number of methoxy groups -OCH3 is 1. The topological polar surface area (TPSA) is 35.5 Å². The lowest BCUT2D eigenvalue weighted by Gasteiger charge is -2.06. The third-order valence-electron chi connectivity index (χ3n) is 3.83. The van der Waals surface area contributed by atoms with Gasteiger partial charge in [-0.1, -0.05) is 38.5 Å². The van der Waals surface area contributed by atoms with Gasteiger partial charge in [-0.2, -0.15) is 0 Å². The molecule has 0 N–H and O–H groups in total. The van der Waals surface area contributed by atoms with Crippen LogP contribution in [0.4, 0.5) is 0 Å². The fraction of sp³-hybridized carbons (Fsp3) is 0.632. The normalized spacial score (nSPS) is 10.5. The van der Waals surface area contributed by atoms with Crippen LogP contribution in [0.3, 0.4) is 0 Å². The van der Waals surface area contributed by atoms with Gasteiger partial charge in [-0.3, -0.25) is 4.79 Å². The molecule has 0 unspecified atom stereocenters. The minimum Gasteiger partial charge on any atom is -0.494 e. The number of carbonyl (C=O) groups excluding carboxylic acids is 1. The molecule has 23 heavy (non-hydrogen) atoms. The summed E-state index contributed by atoms with van der Waals surface area (Å²) < 4.78 is 10.4. The lowest BCUT2D eigenvalue weighted by molar-refractivity contribution is -0.140. The number of rotatable bonds is 13. The second-order valence-corrected chi connectivity index (χ2v) is 6.56. The largest absolute Gasteiger partial charge is 0.494 e. The molecule has 0 aliphatic heterocycles. The first-order valence-corrected chi connectivity index (χ1v) is 9.82. The molecule has 3 nitrogen and oxygen atoms in total. The highest BCUT2D eigenvalue weighted by Gasteiger charge is 1.99. The minimum absolute atomic E-state index is 0.0897. The van der Waals surface area contributed by atoms with E-state index in [0.29, 0.717) is 6.42 Å². The van der Waals surface area contributed by atoms with Crippen molar-refractivity contribution in [2.75, 3.05) is 20.0 Å². The molecule has 0 saturated carbocycles. The number of hydrogen-bond donors (Lipinski definition) is 0. The highest BCUT2D eigenvalue weighted by Crippen LogP contribution is 2.19. The fourth-order valence-electron chi connectivity index (χ4n) is 2.40. The Balaban J connectivity index is 1.87. The van der Waals surface area contributed by atoms with E-state index in [1.54, 1.807) is 11.8 Å².